The molecule has 0 aliphatic heterocycles. The van der Waals surface area contributed by atoms with Crippen LogP contribution in [0, 0.1) is 0 Å². The Morgan fingerprint density at radius 1 is 1.22 bits per heavy atom. The maximum Gasteiger partial charge on any atom is 0.255 e. The van der Waals surface area contributed by atoms with Gasteiger partial charge in [-0.15, -0.1) is 0 Å². The standard InChI is InChI=1S/C13H9BrClNO2/c14-9-3-1-2-8(6-9)13(18)16-10-4-5-12(17)11(15)7-10/h1-7,17H,(H,16,18). The van der Waals surface area contributed by atoms with Crippen molar-refractivity contribution in [3.63, 3.8) is 0 Å². The van der Waals surface area contributed by atoms with Crippen molar-refractivity contribution in [3.8, 4) is 5.75 Å². The van der Waals surface area contributed by atoms with Crippen molar-refractivity contribution in [1.82, 2.24) is 0 Å². The largest absolute Gasteiger partial charge is 0.506 e. The van der Waals surface area contributed by atoms with E-state index in [4.69, 9.17) is 11.6 Å². The molecule has 0 saturated heterocycles. The van der Waals surface area contributed by atoms with E-state index < -0.39 is 0 Å². The fourth-order valence-electron chi connectivity index (χ4n) is 1.42. The number of hydrogen-bond donors (Lipinski definition) is 2. The Morgan fingerprint density at radius 3 is 2.67 bits per heavy atom. The van der Waals surface area contributed by atoms with Crippen LogP contribution in [0.3, 0.4) is 0 Å². The van der Waals surface area contributed by atoms with Crippen molar-refractivity contribution in [3.05, 3.63) is 57.5 Å². The minimum absolute atomic E-state index is 0.0166. The lowest BCUT2D eigenvalue weighted by molar-refractivity contribution is 0.102. The van der Waals surface area contributed by atoms with Crippen molar-refractivity contribution in [2.24, 2.45) is 0 Å². The molecule has 0 radical (unpaired) electrons. The molecule has 0 aliphatic rings. The zero-order chi connectivity index (χ0) is 13.1. The minimum Gasteiger partial charge on any atom is -0.506 e. The molecule has 0 fully saturated rings. The molecular weight excluding hydrogens is 318 g/mol. The highest BCUT2D eigenvalue weighted by Gasteiger charge is 2.07. The molecule has 0 saturated carbocycles. The van der Waals surface area contributed by atoms with E-state index in [0.29, 0.717) is 11.3 Å². The highest BCUT2D eigenvalue weighted by Crippen LogP contribution is 2.26. The fraction of sp³-hybridized carbons (Fsp3) is 0. The van der Waals surface area contributed by atoms with Crippen LogP contribution in [0.15, 0.2) is 46.9 Å². The zero-order valence-electron chi connectivity index (χ0n) is 9.15. The molecular formula is C13H9BrClNO2. The molecule has 2 aromatic rings. The van der Waals surface area contributed by atoms with Crippen molar-refractivity contribution in [2.75, 3.05) is 5.32 Å². The fourth-order valence-corrected chi connectivity index (χ4v) is 2.00. The molecule has 0 heterocycles. The molecule has 2 rings (SSSR count). The molecule has 0 spiro atoms. The van der Waals surface area contributed by atoms with Crippen LogP contribution >= 0.6 is 27.5 Å². The zero-order valence-corrected chi connectivity index (χ0v) is 11.5. The summed E-state index contributed by atoms with van der Waals surface area (Å²) in [7, 11) is 0. The summed E-state index contributed by atoms with van der Waals surface area (Å²) in [4.78, 5) is 11.9. The second-order valence-corrected chi connectivity index (χ2v) is 4.95. The summed E-state index contributed by atoms with van der Waals surface area (Å²) in [5, 5.41) is 12.2. The van der Waals surface area contributed by atoms with Gasteiger partial charge in [-0.3, -0.25) is 4.79 Å². The summed E-state index contributed by atoms with van der Waals surface area (Å²) in [5.74, 6) is -0.254. The Hall–Kier alpha value is -1.52. The number of phenolic OH excluding ortho intramolecular Hbond substituents is 1. The molecule has 2 N–H and O–H groups in total. The number of benzene rings is 2. The number of hydrogen-bond acceptors (Lipinski definition) is 2. The van der Waals surface area contributed by atoms with Crippen LogP contribution < -0.4 is 5.32 Å². The first-order valence-electron chi connectivity index (χ1n) is 5.12. The smallest absolute Gasteiger partial charge is 0.255 e. The van der Waals surface area contributed by atoms with Gasteiger partial charge < -0.3 is 10.4 Å². The summed E-state index contributed by atoms with van der Waals surface area (Å²) in [5.41, 5.74) is 1.07. The van der Waals surface area contributed by atoms with E-state index in [-0.39, 0.29) is 16.7 Å². The number of carbonyl (C=O) groups is 1. The van der Waals surface area contributed by atoms with Crippen LogP contribution in [-0.4, -0.2) is 11.0 Å². The average Bonchev–Trinajstić information content (AvgIpc) is 2.34. The van der Waals surface area contributed by atoms with Gasteiger partial charge >= 0.3 is 0 Å². The second-order valence-electron chi connectivity index (χ2n) is 3.63. The lowest BCUT2D eigenvalue weighted by Gasteiger charge is -2.06. The third-order valence-electron chi connectivity index (χ3n) is 2.29. The lowest BCUT2D eigenvalue weighted by Crippen LogP contribution is -2.11. The van der Waals surface area contributed by atoms with E-state index in [1.807, 2.05) is 6.07 Å². The normalized spacial score (nSPS) is 10.1. The van der Waals surface area contributed by atoms with Crippen LogP contribution in [0.5, 0.6) is 5.75 Å². The molecule has 3 nitrogen and oxygen atoms in total. The molecule has 0 aromatic heterocycles. The van der Waals surface area contributed by atoms with E-state index in [1.165, 1.54) is 12.1 Å². The first-order valence-corrected chi connectivity index (χ1v) is 6.29. The van der Waals surface area contributed by atoms with Gasteiger partial charge in [0.05, 0.1) is 5.02 Å². The van der Waals surface area contributed by atoms with E-state index in [1.54, 1.807) is 24.3 Å². The van der Waals surface area contributed by atoms with E-state index in [9.17, 15) is 9.90 Å². The number of nitrogens with one attached hydrogen (secondary N) is 1. The number of rotatable bonds is 2. The SMILES string of the molecule is O=C(Nc1ccc(O)c(Cl)c1)c1cccc(Br)c1. The number of phenols is 1. The van der Waals surface area contributed by atoms with Crippen molar-refractivity contribution in [2.45, 2.75) is 0 Å². The molecule has 0 atom stereocenters. The van der Waals surface area contributed by atoms with Gasteiger partial charge in [0.2, 0.25) is 0 Å². The number of amides is 1. The Bertz CT molecular complexity index is 601. The van der Waals surface area contributed by atoms with Crippen molar-refractivity contribution >= 4 is 39.1 Å². The molecule has 0 unspecified atom stereocenters. The van der Waals surface area contributed by atoms with Crippen LogP contribution in [0.2, 0.25) is 5.02 Å². The summed E-state index contributed by atoms with van der Waals surface area (Å²) in [6, 6.07) is 11.6. The first kappa shape index (κ1) is 12.9. The van der Waals surface area contributed by atoms with Crippen LogP contribution in [0.25, 0.3) is 0 Å². The molecule has 18 heavy (non-hydrogen) atoms. The van der Waals surface area contributed by atoms with Crippen LogP contribution in [-0.2, 0) is 0 Å². The van der Waals surface area contributed by atoms with Crippen LogP contribution in [0.1, 0.15) is 10.4 Å². The molecule has 1 amide bonds. The Morgan fingerprint density at radius 2 is 2.00 bits per heavy atom. The molecule has 2 aromatic carbocycles. The van der Waals surface area contributed by atoms with E-state index in [2.05, 4.69) is 21.2 Å². The minimum atomic E-state index is -0.238. The van der Waals surface area contributed by atoms with Gasteiger partial charge in [0.1, 0.15) is 5.75 Å². The summed E-state index contributed by atoms with van der Waals surface area (Å²) >= 11 is 9.06. The lowest BCUT2D eigenvalue weighted by atomic mass is 10.2. The second kappa shape index (κ2) is 5.42. The topological polar surface area (TPSA) is 49.3 Å². The maximum atomic E-state index is 11.9. The van der Waals surface area contributed by atoms with Crippen LogP contribution in [0.4, 0.5) is 5.69 Å². The first-order chi connectivity index (χ1) is 8.56. The number of aromatic hydroxyl groups is 1. The van der Waals surface area contributed by atoms with E-state index >= 15 is 0 Å². The summed E-state index contributed by atoms with van der Waals surface area (Å²) in [6.45, 7) is 0. The Balaban J connectivity index is 2.18. The van der Waals surface area contributed by atoms with Gasteiger partial charge in [-0.2, -0.15) is 0 Å². The highest BCUT2D eigenvalue weighted by atomic mass is 79.9. The molecule has 92 valence electrons. The van der Waals surface area contributed by atoms with Gasteiger partial charge in [-0.05, 0) is 36.4 Å². The quantitative estimate of drug-likeness (QED) is 0.818. The van der Waals surface area contributed by atoms with Gasteiger partial charge in [0.25, 0.3) is 5.91 Å². The predicted octanol–water partition coefficient (Wildman–Crippen LogP) is 4.06. The molecule has 0 bridgehead atoms. The van der Waals surface area contributed by atoms with Crippen molar-refractivity contribution < 1.29 is 9.90 Å². The monoisotopic (exact) mass is 325 g/mol. The highest BCUT2D eigenvalue weighted by molar-refractivity contribution is 9.10. The third-order valence-corrected chi connectivity index (χ3v) is 3.09. The molecule has 0 aliphatic carbocycles. The Kier molecular flexibility index (Phi) is 3.89. The summed E-state index contributed by atoms with van der Waals surface area (Å²) < 4.78 is 0.832. The third kappa shape index (κ3) is 3.03. The van der Waals surface area contributed by atoms with E-state index in [0.717, 1.165) is 4.47 Å². The average molecular weight is 327 g/mol. The maximum absolute atomic E-state index is 11.9. The van der Waals surface area contributed by atoms with Gasteiger partial charge in [-0.1, -0.05) is 33.6 Å². The molecule has 5 heteroatoms. The Labute approximate surface area is 118 Å². The number of halogens is 2. The number of carbonyl (C=O) groups excluding carboxylic acids is 1. The summed E-state index contributed by atoms with van der Waals surface area (Å²) in [6.07, 6.45) is 0. The predicted molar refractivity (Wildman–Crippen MR) is 75.2 cm³/mol. The number of anilines is 1. The van der Waals surface area contributed by atoms with Gasteiger partial charge in [0, 0.05) is 15.7 Å². The van der Waals surface area contributed by atoms with Gasteiger partial charge in [0.15, 0.2) is 0 Å². The van der Waals surface area contributed by atoms with Crippen molar-refractivity contribution in [1.29, 1.82) is 0 Å². The van der Waals surface area contributed by atoms with Gasteiger partial charge in [-0.25, -0.2) is 0 Å².